The van der Waals surface area contributed by atoms with Gasteiger partial charge in [-0.2, -0.15) is 0 Å². The van der Waals surface area contributed by atoms with Gasteiger partial charge in [-0.05, 0) is 52.9 Å². The fourth-order valence-electron chi connectivity index (χ4n) is 2.98. The molecule has 4 rings (SSSR count). The Labute approximate surface area is 143 Å². The van der Waals surface area contributed by atoms with Crippen LogP contribution in [-0.4, -0.2) is 26.1 Å². The first-order chi connectivity index (χ1) is 11.6. The molecule has 1 amide bonds. The molecule has 0 saturated heterocycles. The van der Waals surface area contributed by atoms with Crippen LogP contribution in [0.2, 0.25) is 0 Å². The number of carbonyl (C=O) groups excluding carboxylic acids is 1. The highest BCUT2D eigenvalue weighted by Gasteiger charge is 2.45. The van der Waals surface area contributed by atoms with Crippen LogP contribution < -0.4 is 5.32 Å². The van der Waals surface area contributed by atoms with E-state index in [4.69, 9.17) is 0 Å². The maximum atomic E-state index is 12.5. The number of hydrogen-bond acceptors (Lipinski definition) is 5. The van der Waals surface area contributed by atoms with Crippen molar-refractivity contribution in [2.45, 2.75) is 19.3 Å². The zero-order valence-corrected chi connectivity index (χ0v) is 14.2. The van der Waals surface area contributed by atoms with Crippen molar-refractivity contribution in [1.29, 1.82) is 0 Å². The third-order valence-corrected chi connectivity index (χ3v) is 5.52. The quantitative estimate of drug-likeness (QED) is 0.793. The van der Waals surface area contributed by atoms with Crippen LogP contribution in [0.1, 0.15) is 22.8 Å². The summed E-state index contributed by atoms with van der Waals surface area (Å²) in [6.07, 6.45) is 0.931. The molecule has 0 aliphatic heterocycles. The number of thiophene rings is 1. The van der Waals surface area contributed by atoms with Gasteiger partial charge in [0.15, 0.2) is 5.82 Å². The first kappa shape index (κ1) is 15.0. The highest BCUT2D eigenvalue weighted by Crippen LogP contribution is 2.50. The van der Waals surface area contributed by atoms with Gasteiger partial charge < -0.3 is 5.32 Å². The number of hydrogen-bond donors (Lipinski definition) is 1. The number of carbonyl (C=O) groups is 1. The average molecular weight is 339 g/mol. The molecule has 2 atom stereocenters. The third kappa shape index (κ3) is 2.71. The zero-order valence-electron chi connectivity index (χ0n) is 13.4. The van der Waals surface area contributed by atoms with E-state index >= 15 is 0 Å². The molecule has 3 aromatic rings. The lowest BCUT2D eigenvalue weighted by atomic mass is 10.1. The van der Waals surface area contributed by atoms with Gasteiger partial charge in [0.05, 0.1) is 0 Å². The lowest BCUT2D eigenvalue weighted by Gasteiger charge is -2.07. The molecule has 7 heteroatoms. The minimum absolute atomic E-state index is 0.0718. The molecule has 1 aliphatic carbocycles. The summed E-state index contributed by atoms with van der Waals surface area (Å²) in [5.74, 6) is 1.20. The standard InChI is InChI=1S/C17H17N5OS/c1-10-6-7-24-15(10)13-9-14(13)17(23)18-12-5-3-4-11(8-12)16-19-20-21-22(16)2/h3-8,13-14H,9H2,1-2H3,(H,18,23). The molecular formula is C17H17N5OS. The van der Waals surface area contributed by atoms with E-state index in [0.717, 1.165) is 17.7 Å². The number of rotatable bonds is 4. The monoisotopic (exact) mass is 339 g/mol. The molecule has 1 saturated carbocycles. The van der Waals surface area contributed by atoms with E-state index in [1.54, 1.807) is 23.1 Å². The largest absolute Gasteiger partial charge is 0.326 e. The summed E-state index contributed by atoms with van der Waals surface area (Å²) in [5, 5.41) is 16.6. The zero-order chi connectivity index (χ0) is 16.7. The Balaban J connectivity index is 1.48. The van der Waals surface area contributed by atoms with Gasteiger partial charge in [0.1, 0.15) is 0 Å². The van der Waals surface area contributed by atoms with Gasteiger partial charge in [-0.1, -0.05) is 12.1 Å². The lowest BCUT2D eigenvalue weighted by Crippen LogP contribution is -2.14. The molecule has 1 N–H and O–H groups in total. The summed E-state index contributed by atoms with van der Waals surface area (Å²) in [6.45, 7) is 2.11. The molecule has 1 fully saturated rings. The number of tetrazole rings is 1. The summed E-state index contributed by atoms with van der Waals surface area (Å²) < 4.78 is 1.61. The SMILES string of the molecule is Cc1ccsc1C1CC1C(=O)Nc1cccc(-c2nnnn2C)c1. The predicted octanol–water partition coefficient (Wildman–Crippen LogP) is 2.99. The van der Waals surface area contributed by atoms with Crippen molar-refractivity contribution < 1.29 is 4.79 Å². The number of amides is 1. The van der Waals surface area contributed by atoms with E-state index in [1.165, 1.54) is 10.4 Å². The first-order valence-electron chi connectivity index (χ1n) is 7.81. The fourth-order valence-corrected chi connectivity index (χ4v) is 4.09. The summed E-state index contributed by atoms with van der Waals surface area (Å²) in [7, 11) is 1.79. The Morgan fingerprint density at radius 1 is 1.38 bits per heavy atom. The van der Waals surface area contributed by atoms with Gasteiger partial charge in [0, 0.05) is 35.0 Å². The maximum absolute atomic E-state index is 12.5. The highest BCUT2D eigenvalue weighted by molar-refractivity contribution is 7.10. The van der Waals surface area contributed by atoms with Gasteiger partial charge in [-0.25, -0.2) is 4.68 Å². The van der Waals surface area contributed by atoms with E-state index in [0.29, 0.717) is 11.7 Å². The van der Waals surface area contributed by atoms with Gasteiger partial charge in [-0.15, -0.1) is 16.4 Å². The molecule has 2 aromatic heterocycles. The first-order valence-corrected chi connectivity index (χ1v) is 8.69. The second-order valence-electron chi connectivity index (χ2n) is 6.11. The topological polar surface area (TPSA) is 72.7 Å². The molecule has 0 radical (unpaired) electrons. The second kappa shape index (κ2) is 5.83. The number of benzene rings is 1. The normalized spacial score (nSPS) is 19.2. The molecule has 0 bridgehead atoms. The van der Waals surface area contributed by atoms with E-state index in [9.17, 15) is 4.79 Å². The summed E-state index contributed by atoms with van der Waals surface area (Å²) in [4.78, 5) is 13.8. The molecule has 24 heavy (non-hydrogen) atoms. The van der Waals surface area contributed by atoms with E-state index in [1.807, 2.05) is 24.3 Å². The lowest BCUT2D eigenvalue weighted by molar-refractivity contribution is -0.117. The van der Waals surface area contributed by atoms with Crippen LogP contribution in [0, 0.1) is 12.8 Å². The van der Waals surface area contributed by atoms with Gasteiger partial charge >= 0.3 is 0 Å². The molecule has 1 aliphatic rings. The van der Waals surface area contributed by atoms with Crippen molar-refractivity contribution in [3.63, 3.8) is 0 Å². The molecule has 1 aromatic carbocycles. The van der Waals surface area contributed by atoms with Crippen molar-refractivity contribution in [3.8, 4) is 11.4 Å². The van der Waals surface area contributed by atoms with E-state index < -0.39 is 0 Å². The average Bonchev–Trinajstić information content (AvgIpc) is 3.06. The number of anilines is 1. The maximum Gasteiger partial charge on any atom is 0.228 e. The minimum atomic E-state index is 0.0718. The van der Waals surface area contributed by atoms with Crippen LogP contribution in [0.4, 0.5) is 5.69 Å². The van der Waals surface area contributed by atoms with Crippen LogP contribution in [0.5, 0.6) is 0 Å². The van der Waals surface area contributed by atoms with Crippen LogP contribution in [0.15, 0.2) is 35.7 Å². The van der Waals surface area contributed by atoms with Crippen LogP contribution >= 0.6 is 11.3 Å². The van der Waals surface area contributed by atoms with Crippen LogP contribution in [0.25, 0.3) is 11.4 Å². The van der Waals surface area contributed by atoms with Crippen molar-refractivity contribution in [2.24, 2.45) is 13.0 Å². The Morgan fingerprint density at radius 3 is 2.96 bits per heavy atom. The third-order valence-electron chi connectivity index (χ3n) is 4.37. The Kier molecular flexibility index (Phi) is 3.65. The fraction of sp³-hybridized carbons (Fsp3) is 0.294. The number of nitrogens with zero attached hydrogens (tertiary/aromatic N) is 4. The number of nitrogens with one attached hydrogen (secondary N) is 1. The van der Waals surface area contributed by atoms with Gasteiger partial charge in [0.2, 0.25) is 5.91 Å². The predicted molar refractivity (Wildman–Crippen MR) is 92.8 cm³/mol. The van der Waals surface area contributed by atoms with Crippen LogP contribution in [0.3, 0.4) is 0 Å². The molecule has 122 valence electrons. The summed E-state index contributed by atoms with van der Waals surface area (Å²) >= 11 is 1.74. The van der Waals surface area contributed by atoms with Gasteiger partial charge in [0.25, 0.3) is 0 Å². The Bertz CT molecular complexity index is 900. The molecular weight excluding hydrogens is 322 g/mol. The molecule has 2 heterocycles. The Hall–Kier alpha value is -2.54. The van der Waals surface area contributed by atoms with Crippen molar-refractivity contribution in [2.75, 3.05) is 5.32 Å². The second-order valence-corrected chi connectivity index (χ2v) is 7.06. The molecule has 6 nitrogen and oxygen atoms in total. The highest BCUT2D eigenvalue weighted by atomic mass is 32.1. The molecule has 0 spiro atoms. The van der Waals surface area contributed by atoms with E-state index in [2.05, 4.69) is 39.2 Å². The Morgan fingerprint density at radius 2 is 2.25 bits per heavy atom. The summed E-state index contributed by atoms with van der Waals surface area (Å²) in [6, 6.07) is 9.73. The number of aryl methyl sites for hydroxylation is 2. The smallest absolute Gasteiger partial charge is 0.228 e. The minimum Gasteiger partial charge on any atom is -0.326 e. The van der Waals surface area contributed by atoms with Crippen molar-refractivity contribution >= 4 is 22.9 Å². The molecule has 2 unspecified atom stereocenters. The van der Waals surface area contributed by atoms with Gasteiger partial charge in [-0.3, -0.25) is 4.79 Å². The van der Waals surface area contributed by atoms with Crippen molar-refractivity contribution in [1.82, 2.24) is 20.2 Å². The van der Waals surface area contributed by atoms with E-state index in [-0.39, 0.29) is 11.8 Å². The number of aromatic nitrogens is 4. The summed E-state index contributed by atoms with van der Waals surface area (Å²) in [5.41, 5.74) is 2.94. The van der Waals surface area contributed by atoms with Crippen molar-refractivity contribution in [3.05, 3.63) is 46.2 Å². The van der Waals surface area contributed by atoms with Crippen LogP contribution in [-0.2, 0) is 11.8 Å².